The smallest absolute Gasteiger partial charge is 0.209 e. The summed E-state index contributed by atoms with van der Waals surface area (Å²) in [5, 5.41) is 4.89. The number of rotatable bonds is 6. The van der Waals surface area contributed by atoms with E-state index in [-0.39, 0.29) is 11.7 Å². The molecule has 6 heteroatoms. The van der Waals surface area contributed by atoms with Crippen molar-refractivity contribution in [3.8, 4) is 0 Å². The summed E-state index contributed by atoms with van der Waals surface area (Å²) in [6.07, 6.45) is 3.19. The molecule has 1 aromatic heterocycles. The second-order valence-electron chi connectivity index (χ2n) is 6.25. The molecule has 3 rings (SSSR count). The lowest BCUT2D eigenvalue weighted by Crippen LogP contribution is -2.21. The summed E-state index contributed by atoms with van der Waals surface area (Å²) in [6.45, 7) is 9.59. The molecule has 0 unspecified atom stereocenters. The normalized spacial score (nSPS) is 15.0. The van der Waals surface area contributed by atoms with Crippen LogP contribution in [0, 0.1) is 5.92 Å². The average molecular weight is 436 g/mol. The van der Waals surface area contributed by atoms with Gasteiger partial charge in [0.25, 0.3) is 0 Å². The topological polar surface area (TPSA) is 44.1 Å². The first-order valence-electron chi connectivity index (χ1n) is 8.46. The first kappa shape index (κ1) is 19.1. The molecule has 2 aromatic rings. The zero-order valence-electron chi connectivity index (χ0n) is 14.4. The maximum absolute atomic E-state index is 13.0. The Kier molecular flexibility index (Phi) is 6.12. The monoisotopic (exact) mass is 434 g/mol. The highest BCUT2D eigenvalue weighted by atomic mass is 79.9. The predicted molar refractivity (Wildman–Crippen MR) is 108 cm³/mol. The number of hydrogen-bond donors (Lipinski definition) is 0. The number of allylic oxidation sites excluding steroid dienone is 1. The quantitative estimate of drug-likeness (QED) is 0.465. The molecule has 2 heterocycles. The van der Waals surface area contributed by atoms with Crippen LogP contribution in [-0.4, -0.2) is 28.8 Å². The zero-order valence-corrected chi connectivity index (χ0v) is 16.7. The molecule has 0 atom stereocenters. The molecule has 1 aliphatic heterocycles. The lowest BCUT2D eigenvalue weighted by molar-refractivity contribution is 0.0724. The summed E-state index contributed by atoms with van der Waals surface area (Å²) in [7, 11) is 0. The predicted octanol–water partition coefficient (Wildman–Crippen LogP) is 5.16. The minimum absolute atomic E-state index is 0.126. The van der Waals surface area contributed by atoms with Gasteiger partial charge in [-0.15, -0.1) is 0 Å². The van der Waals surface area contributed by atoms with E-state index in [0.29, 0.717) is 41.7 Å². The Morgan fingerprint density at radius 1 is 1.38 bits per heavy atom. The molecule has 0 saturated carbocycles. The molecule has 1 aliphatic rings. The fourth-order valence-electron chi connectivity index (χ4n) is 3.08. The van der Waals surface area contributed by atoms with Crippen LogP contribution in [0.3, 0.4) is 0 Å². The van der Waals surface area contributed by atoms with Crippen molar-refractivity contribution in [2.75, 3.05) is 13.2 Å². The van der Waals surface area contributed by atoms with Gasteiger partial charge in [0.05, 0.1) is 6.54 Å². The third-order valence-electron chi connectivity index (χ3n) is 4.63. The van der Waals surface area contributed by atoms with E-state index in [0.717, 1.165) is 22.9 Å². The molecule has 26 heavy (non-hydrogen) atoms. The van der Waals surface area contributed by atoms with Gasteiger partial charge in [-0.1, -0.05) is 65.0 Å². The highest BCUT2D eigenvalue weighted by molar-refractivity contribution is 9.10. The Morgan fingerprint density at radius 3 is 2.73 bits per heavy atom. The van der Waals surface area contributed by atoms with Crippen molar-refractivity contribution in [1.29, 1.82) is 0 Å². The summed E-state index contributed by atoms with van der Waals surface area (Å²) in [4.78, 5) is 13.0. The standard InChI is InChI=1S/C20H20BrClN2O2/c1-3-16-18(19(25)13(2)14-8-10-26-11-9-14)23-24(20(16)22)12-15-6-4-5-7-17(15)21/h3-7,14H,1-2,8-12H2. The van der Waals surface area contributed by atoms with Gasteiger partial charge in [0.1, 0.15) is 10.8 Å². The van der Waals surface area contributed by atoms with E-state index >= 15 is 0 Å². The maximum Gasteiger partial charge on any atom is 0.209 e. The van der Waals surface area contributed by atoms with Gasteiger partial charge in [0.2, 0.25) is 5.78 Å². The first-order chi connectivity index (χ1) is 12.5. The van der Waals surface area contributed by atoms with Crippen molar-refractivity contribution in [2.45, 2.75) is 19.4 Å². The summed E-state index contributed by atoms with van der Waals surface area (Å²) >= 11 is 10.0. The van der Waals surface area contributed by atoms with Crippen LogP contribution in [0.1, 0.15) is 34.5 Å². The van der Waals surface area contributed by atoms with Gasteiger partial charge in [-0.25, -0.2) is 4.68 Å². The fourth-order valence-corrected chi connectivity index (χ4v) is 3.75. The lowest BCUT2D eigenvalue weighted by atomic mass is 9.88. The molecule has 4 nitrogen and oxygen atoms in total. The lowest BCUT2D eigenvalue weighted by Gasteiger charge is -2.22. The second-order valence-corrected chi connectivity index (χ2v) is 7.46. The molecular weight excluding hydrogens is 416 g/mol. The van der Waals surface area contributed by atoms with Gasteiger partial charge < -0.3 is 4.74 Å². The van der Waals surface area contributed by atoms with Gasteiger partial charge in [0, 0.05) is 23.2 Å². The van der Waals surface area contributed by atoms with Gasteiger partial charge in [0.15, 0.2) is 0 Å². The molecule has 1 saturated heterocycles. The van der Waals surface area contributed by atoms with E-state index < -0.39 is 0 Å². The minimum Gasteiger partial charge on any atom is -0.381 e. The van der Waals surface area contributed by atoms with Crippen molar-refractivity contribution < 1.29 is 9.53 Å². The van der Waals surface area contributed by atoms with Crippen LogP contribution in [0.4, 0.5) is 0 Å². The molecule has 0 bridgehead atoms. The maximum atomic E-state index is 13.0. The van der Waals surface area contributed by atoms with E-state index in [1.54, 1.807) is 10.8 Å². The molecule has 1 fully saturated rings. The minimum atomic E-state index is -0.167. The van der Waals surface area contributed by atoms with Crippen LogP contribution in [0.5, 0.6) is 0 Å². The van der Waals surface area contributed by atoms with Crippen LogP contribution >= 0.6 is 27.5 Å². The molecular formula is C20H20BrClN2O2. The SMILES string of the molecule is C=Cc1c(C(=O)C(=C)C2CCOCC2)nn(Cc2ccccc2Br)c1Cl. The largest absolute Gasteiger partial charge is 0.381 e. The van der Waals surface area contributed by atoms with E-state index in [9.17, 15) is 4.79 Å². The van der Waals surface area contributed by atoms with E-state index in [4.69, 9.17) is 16.3 Å². The second kappa shape index (κ2) is 8.33. The van der Waals surface area contributed by atoms with E-state index in [1.807, 2.05) is 24.3 Å². The molecule has 0 N–H and O–H groups in total. The first-order valence-corrected chi connectivity index (χ1v) is 9.63. The number of ether oxygens (including phenoxy) is 1. The Hall–Kier alpha value is -1.69. The van der Waals surface area contributed by atoms with Crippen molar-refractivity contribution in [2.24, 2.45) is 5.92 Å². The third kappa shape index (κ3) is 3.85. The van der Waals surface area contributed by atoms with E-state index in [1.165, 1.54) is 0 Å². The van der Waals surface area contributed by atoms with Crippen LogP contribution in [-0.2, 0) is 11.3 Å². The zero-order chi connectivity index (χ0) is 18.7. The van der Waals surface area contributed by atoms with Crippen molar-refractivity contribution >= 4 is 39.4 Å². The average Bonchev–Trinajstić information content (AvgIpc) is 2.98. The number of aromatic nitrogens is 2. The summed E-state index contributed by atoms with van der Waals surface area (Å²) in [5.74, 6) is -0.0410. The number of hydrogen-bond acceptors (Lipinski definition) is 3. The number of nitrogens with zero attached hydrogens (tertiary/aromatic N) is 2. The fraction of sp³-hybridized carbons (Fsp3) is 0.300. The Bertz CT molecular complexity index is 853. The molecule has 0 amide bonds. The number of ketones is 1. The van der Waals surface area contributed by atoms with Crippen molar-refractivity contribution in [1.82, 2.24) is 9.78 Å². The van der Waals surface area contributed by atoms with Crippen LogP contribution in [0.2, 0.25) is 5.15 Å². The number of halogens is 2. The highest BCUT2D eigenvalue weighted by Gasteiger charge is 2.27. The summed E-state index contributed by atoms with van der Waals surface area (Å²) < 4.78 is 7.96. The Morgan fingerprint density at radius 2 is 2.08 bits per heavy atom. The molecule has 0 spiro atoms. The van der Waals surface area contributed by atoms with Crippen molar-refractivity contribution in [3.05, 3.63) is 69.4 Å². The van der Waals surface area contributed by atoms with Gasteiger partial charge in [-0.3, -0.25) is 4.79 Å². The Labute approximate surface area is 166 Å². The summed E-state index contributed by atoms with van der Waals surface area (Å²) in [6, 6.07) is 7.84. The molecule has 0 aliphatic carbocycles. The van der Waals surface area contributed by atoms with Gasteiger partial charge in [-0.2, -0.15) is 5.10 Å². The van der Waals surface area contributed by atoms with E-state index in [2.05, 4.69) is 34.2 Å². The van der Waals surface area contributed by atoms with Crippen LogP contribution in [0.15, 0.2) is 47.5 Å². The van der Waals surface area contributed by atoms with Crippen LogP contribution in [0.25, 0.3) is 6.08 Å². The number of carbonyl (C=O) groups is 1. The third-order valence-corrected chi connectivity index (χ3v) is 5.80. The number of carbonyl (C=O) groups excluding carboxylic acids is 1. The van der Waals surface area contributed by atoms with Gasteiger partial charge >= 0.3 is 0 Å². The summed E-state index contributed by atoms with van der Waals surface area (Å²) in [5.41, 5.74) is 2.46. The number of benzene rings is 1. The van der Waals surface area contributed by atoms with Crippen LogP contribution < -0.4 is 0 Å². The molecule has 1 aromatic carbocycles. The molecule has 136 valence electrons. The van der Waals surface area contributed by atoms with Gasteiger partial charge in [-0.05, 0) is 36.0 Å². The number of Topliss-reactive ketones (excluding diaryl/α,β-unsaturated/α-hetero) is 1. The Balaban J connectivity index is 1.90. The van der Waals surface area contributed by atoms with Crippen molar-refractivity contribution in [3.63, 3.8) is 0 Å². The highest BCUT2D eigenvalue weighted by Crippen LogP contribution is 2.29. The molecule has 0 radical (unpaired) electrons.